The van der Waals surface area contributed by atoms with Crippen LogP contribution in [-0.4, -0.2) is 19.8 Å². The van der Waals surface area contributed by atoms with Gasteiger partial charge in [-0.2, -0.15) is 0 Å². The van der Waals surface area contributed by atoms with Crippen molar-refractivity contribution < 1.29 is 4.74 Å². The van der Waals surface area contributed by atoms with E-state index in [1.165, 1.54) is 30.4 Å². The van der Waals surface area contributed by atoms with Crippen molar-refractivity contribution in [1.29, 1.82) is 0 Å². The third-order valence-corrected chi connectivity index (χ3v) is 4.09. The topological polar surface area (TPSA) is 21.3 Å². The van der Waals surface area contributed by atoms with Gasteiger partial charge in [0.05, 0.1) is 6.61 Å². The van der Waals surface area contributed by atoms with Gasteiger partial charge in [-0.05, 0) is 49.1 Å². The molecule has 0 radical (unpaired) electrons. The average molecular weight is 275 g/mol. The number of nitrogens with one attached hydrogen (secondary N) is 1. The van der Waals surface area contributed by atoms with Crippen LogP contribution in [0, 0.1) is 11.8 Å². The lowest BCUT2D eigenvalue weighted by molar-refractivity contribution is 0.0540. The van der Waals surface area contributed by atoms with E-state index in [4.69, 9.17) is 4.74 Å². The zero-order valence-electron chi connectivity index (χ0n) is 13.2. The molecule has 2 unspecified atom stereocenters. The summed E-state index contributed by atoms with van der Waals surface area (Å²) in [6.45, 7) is 9.72. The number of ether oxygens (including phenoxy) is 1. The Morgan fingerprint density at radius 1 is 1.20 bits per heavy atom. The van der Waals surface area contributed by atoms with E-state index in [0.717, 1.165) is 25.7 Å². The van der Waals surface area contributed by atoms with Crippen molar-refractivity contribution in [2.24, 2.45) is 11.8 Å². The molecule has 0 amide bonds. The van der Waals surface area contributed by atoms with Crippen LogP contribution in [0.3, 0.4) is 0 Å². The molecule has 1 aromatic carbocycles. The summed E-state index contributed by atoms with van der Waals surface area (Å²) in [6, 6.07) is 9.51. The van der Waals surface area contributed by atoms with E-state index < -0.39 is 0 Å². The normalized spacial score (nSPS) is 21.1. The van der Waals surface area contributed by atoms with Crippen LogP contribution in [0.4, 0.5) is 0 Å². The molecule has 1 heterocycles. The van der Waals surface area contributed by atoms with Crippen molar-refractivity contribution in [3.8, 4) is 0 Å². The predicted molar refractivity (Wildman–Crippen MR) is 84.9 cm³/mol. The molecule has 0 aliphatic carbocycles. The molecule has 112 valence electrons. The van der Waals surface area contributed by atoms with Gasteiger partial charge in [0.25, 0.3) is 0 Å². The molecule has 2 atom stereocenters. The lowest BCUT2D eigenvalue weighted by Crippen LogP contribution is -2.30. The van der Waals surface area contributed by atoms with Gasteiger partial charge in [-0.3, -0.25) is 0 Å². The van der Waals surface area contributed by atoms with Crippen LogP contribution in [0.1, 0.15) is 50.8 Å². The Morgan fingerprint density at radius 2 is 1.95 bits per heavy atom. The standard InChI is InChI=1S/C18H29NO/c1-14(2)11-16-6-8-18(9-7-16)15(3)19-12-17-5-4-10-20-13-17/h6-9,14-15,17,19H,4-5,10-13H2,1-3H3. The van der Waals surface area contributed by atoms with Crippen LogP contribution in [0.15, 0.2) is 24.3 Å². The highest BCUT2D eigenvalue weighted by Crippen LogP contribution is 2.17. The molecule has 0 saturated carbocycles. The minimum Gasteiger partial charge on any atom is -0.381 e. The number of hydrogen-bond acceptors (Lipinski definition) is 2. The lowest BCUT2D eigenvalue weighted by atomic mass is 9.99. The fourth-order valence-electron chi connectivity index (χ4n) is 2.84. The van der Waals surface area contributed by atoms with Gasteiger partial charge in [0.2, 0.25) is 0 Å². The highest BCUT2D eigenvalue weighted by molar-refractivity contribution is 5.25. The molecule has 2 heteroatoms. The third kappa shape index (κ3) is 4.92. The Morgan fingerprint density at radius 3 is 2.55 bits per heavy atom. The summed E-state index contributed by atoms with van der Waals surface area (Å²) in [5.74, 6) is 1.41. The quantitative estimate of drug-likeness (QED) is 0.848. The monoisotopic (exact) mass is 275 g/mol. The largest absolute Gasteiger partial charge is 0.381 e. The molecule has 0 aromatic heterocycles. The van der Waals surface area contributed by atoms with Crippen molar-refractivity contribution in [3.05, 3.63) is 35.4 Å². The molecule has 1 saturated heterocycles. The van der Waals surface area contributed by atoms with Crippen molar-refractivity contribution in [3.63, 3.8) is 0 Å². The smallest absolute Gasteiger partial charge is 0.0506 e. The van der Waals surface area contributed by atoms with Gasteiger partial charge < -0.3 is 10.1 Å². The van der Waals surface area contributed by atoms with Crippen LogP contribution < -0.4 is 5.32 Å². The average Bonchev–Trinajstić information content (AvgIpc) is 2.46. The molecule has 1 aliphatic heterocycles. The molecule has 1 aliphatic rings. The predicted octanol–water partition coefficient (Wildman–Crippen LogP) is 3.96. The minimum absolute atomic E-state index is 0.421. The second kappa shape index (κ2) is 7.80. The first kappa shape index (κ1) is 15.5. The maximum atomic E-state index is 5.53. The molecule has 1 N–H and O–H groups in total. The summed E-state index contributed by atoms with van der Waals surface area (Å²) in [6.07, 6.45) is 3.68. The Kier molecular flexibility index (Phi) is 6.06. The minimum atomic E-state index is 0.421. The van der Waals surface area contributed by atoms with E-state index in [0.29, 0.717) is 12.0 Å². The van der Waals surface area contributed by atoms with E-state index >= 15 is 0 Å². The highest BCUT2D eigenvalue weighted by atomic mass is 16.5. The van der Waals surface area contributed by atoms with Gasteiger partial charge in [0, 0.05) is 19.2 Å². The Hall–Kier alpha value is -0.860. The first-order valence-corrected chi connectivity index (χ1v) is 8.05. The van der Waals surface area contributed by atoms with Crippen LogP contribution in [0.25, 0.3) is 0 Å². The van der Waals surface area contributed by atoms with E-state index in [1.54, 1.807) is 0 Å². The Labute approximate surface area is 123 Å². The maximum Gasteiger partial charge on any atom is 0.0506 e. The highest BCUT2D eigenvalue weighted by Gasteiger charge is 2.15. The van der Waals surface area contributed by atoms with Crippen molar-refractivity contribution in [2.45, 2.75) is 46.1 Å². The zero-order valence-corrected chi connectivity index (χ0v) is 13.2. The summed E-state index contributed by atoms with van der Waals surface area (Å²) < 4.78 is 5.53. The fraction of sp³-hybridized carbons (Fsp3) is 0.667. The van der Waals surface area contributed by atoms with E-state index in [1.807, 2.05) is 0 Å². The Balaban J connectivity index is 1.80. The molecule has 0 bridgehead atoms. The molecule has 1 fully saturated rings. The lowest BCUT2D eigenvalue weighted by Gasteiger charge is -2.24. The van der Waals surface area contributed by atoms with Gasteiger partial charge >= 0.3 is 0 Å². The van der Waals surface area contributed by atoms with Gasteiger partial charge in [0.1, 0.15) is 0 Å². The van der Waals surface area contributed by atoms with Crippen molar-refractivity contribution in [2.75, 3.05) is 19.8 Å². The first-order valence-electron chi connectivity index (χ1n) is 8.05. The second-order valence-corrected chi connectivity index (χ2v) is 6.55. The molecule has 0 spiro atoms. The summed E-state index contributed by atoms with van der Waals surface area (Å²) in [5.41, 5.74) is 2.82. The second-order valence-electron chi connectivity index (χ2n) is 6.55. The fourth-order valence-corrected chi connectivity index (χ4v) is 2.84. The van der Waals surface area contributed by atoms with E-state index in [2.05, 4.69) is 50.4 Å². The molecule has 2 nitrogen and oxygen atoms in total. The van der Waals surface area contributed by atoms with Crippen molar-refractivity contribution in [1.82, 2.24) is 5.32 Å². The summed E-state index contributed by atoms with van der Waals surface area (Å²) in [4.78, 5) is 0. The maximum absolute atomic E-state index is 5.53. The van der Waals surface area contributed by atoms with Crippen molar-refractivity contribution >= 4 is 0 Å². The van der Waals surface area contributed by atoms with Crippen LogP contribution in [0.5, 0.6) is 0 Å². The first-order chi connectivity index (χ1) is 9.65. The van der Waals surface area contributed by atoms with Crippen LogP contribution in [-0.2, 0) is 11.2 Å². The van der Waals surface area contributed by atoms with Crippen LogP contribution in [0.2, 0.25) is 0 Å². The molecule has 1 aromatic rings. The number of hydrogen-bond donors (Lipinski definition) is 1. The third-order valence-electron chi connectivity index (χ3n) is 4.09. The Bertz CT molecular complexity index is 379. The molecule has 2 rings (SSSR count). The zero-order chi connectivity index (χ0) is 14.4. The van der Waals surface area contributed by atoms with Gasteiger partial charge in [-0.15, -0.1) is 0 Å². The molecular weight excluding hydrogens is 246 g/mol. The van der Waals surface area contributed by atoms with E-state index in [9.17, 15) is 0 Å². The molecular formula is C18H29NO. The number of benzene rings is 1. The van der Waals surface area contributed by atoms with Gasteiger partial charge in [0.15, 0.2) is 0 Å². The SMILES string of the molecule is CC(C)Cc1ccc(C(C)NCC2CCCOC2)cc1. The summed E-state index contributed by atoms with van der Waals surface area (Å²) in [5, 5.41) is 3.65. The number of rotatable bonds is 6. The summed E-state index contributed by atoms with van der Waals surface area (Å²) >= 11 is 0. The van der Waals surface area contributed by atoms with E-state index in [-0.39, 0.29) is 0 Å². The molecule has 20 heavy (non-hydrogen) atoms. The van der Waals surface area contributed by atoms with Gasteiger partial charge in [-0.1, -0.05) is 38.1 Å². The van der Waals surface area contributed by atoms with Gasteiger partial charge in [-0.25, -0.2) is 0 Å². The summed E-state index contributed by atoms with van der Waals surface area (Å²) in [7, 11) is 0. The van der Waals surface area contributed by atoms with Crippen LogP contribution >= 0.6 is 0 Å².